The molecule has 7 heteroatoms. The number of likely N-dealkylation sites (tertiary alicyclic amines) is 1. The van der Waals surface area contributed by atoms with Crippen LogP contribution in [0, 0.1) is 0 Å². The Morgan fingerprint density at radius 3 is 2.57 bits per heavy atom. The van der Waals surface area contributed by atoms with E-state index >= 15 is 0 Å². The van der Waals surface area contributed by atoms with Crippen LogP contribution in [0.25, 0.3) is 0 Å². The van der Waals surface area contributed by atoms with Gasteiger partial charge in [-0.25, -0.2) is 4.79 Å². The Bertz CT molecular complexity index is 558. The van der Waals surface area contributed by atoms with E-state index in [1.54, 1.807) is 12.1 Å². The second kappa shape index (κ2) is 6.01. The maximum atomic E-state index is 12.5. The molecule has 0 aliphatic carbocycles. The third kappa shape index (κ3) is 2.92. The van der Waals surface area contributed by atoms with E-state index in [-0.39, 0.29) is 18.5 Å². The van der Waals surface area contributed by atoms with Crippen LogP contribution < -0.4 is 9.47 Å². The van der Waals surface area contributed by atoms with E-state index < -0.39 is 24.0 Å². The van der Waals surface area contributed by atoms with Gasteiger partial charge in [-0.15, -0.1) is 0 Å². The second-order valence-electron chi connectivity index (χ2n) is 4.77. The molecule has 0 spiro atoms. The summed E-state index contributed by atoms with van der Waals surface area (Å²) < 4.78 is 10.2. The molecule has 0 aromatic heterocycles. The first kappa shape index (κ1) is 15.1. The molecule has 2 atom stereocenters. The number of carbonyl (C=O) groups excluding carboxylic acids is 1. The minimum absolute atomic E-state index is 0.00894. The lowest BCUT2D eigenvalue weighted by Gasteiger charge is -2.22. The zero-order valence-electron chi connectivity index (χ0n) is 11.8. The number of benzene rings is 1. The molecule has 1 heterocycles. The van der Waals surface area contributed by atoms with Crippen molar-refractivity contribution in [1.29, 1.82) is 0 Å². The van der Waals surface area contributed by atoms with Gasteiger partial charge in [0.2, 0.25) is 0 Å². The minimum atomic E-state index is -1.13. The van der Waals surface area contributed by atoms with Crippen molar-refractivity contribution in [3.8, 4) is 11.5 Å². The molecule has 114 valence electrons. The van der Waals surface area contributed by atoms with Crippen molar-refractivity contribution >= 4 is 11.9 Å². The number of aliphatic hydroxyl groups excluding tert-OH is 1. The van der Waals surface area contributed by atoms with Crippen LogP contribution in [-0.4, -0.2) is 59.9 Å². The van der Waals surface area contributed by atoms with Crippen LogP contribution >= 0.6 is 0 Å². The highest BCUT2D eigenvalue weighted by Crippen LogP contribution is 2.28. The van der Waals surface area contributed by atoms with Crippen molar-refractivity contribution in [3.05, 3.63) is 23.8 Å². The van der Waals surface area contributed by atoms with Gasteiger partial charge in [-0.3, -0.25) is 4.79 Å². The smallest absolute Gasteiger partial charge is 0.326 e. The van der Waals surface area contributed by atoms with E-state index in [1.165, 1.54) is 20.3 Å². The number of carbonyl (C=O) groups is 2. The molecule has 1 aromatic rings. The number of carboxylic acids is 1. The van der Waals surface area contributed by atoms with Crippen molar-refractivity contribution in [3.63, 3.8) is 0 Å². The molecular formula is C14H17NO6. The van der Waals surface area contributed by atoms with E-state index in [2.05, 4.69) is 0 Å². The predicted octanol–water partition coefficient (Wildman–Crippen LogP) is 0.364. The summed E-state index contributed by atoms with van der Waals surface area (Å²) in [5.41, 5.74) is 0.235. The number of β-amino-alcohol motifs (C(OH)–C–C–N with tert-alkyl or cyclic N) is 1. The number of hydrogen-bond acceptors (Lipinski definition) is 5. The fourth-order valence-corrected chi connectivity index (χ4v) is 2.40. The van der Waals surface area contributed by atoms with E-state index in [9.17, 15) is 14.7 Å². The molecule has 1 aliphatic heterocycles. The first-order valence-corrected chi connectivity index (χ1v) is 6.41. The number of ether oxygens (including phenoxy) is 2. The van der Waals surface area contributed by atoms with Crippen LogP contribution in [0.15, 0.2) is 18.2 Å². The maximum absolute atomic E-state index is 12.5. The summed E-state index contributed by atoms with van der Waals surface area (Å²) in [4.78, 5) is 24.9. The summed E-state index contributed by atoms with van der Waals surface area (Å²) in [6, 6.07) is 3.64. The van der Waals surface area contributed by atoms with E-state index in [1.807, 2.05) is 0 Å². The molecule has 7 nitrogen and oxygen atoms in total. The Kier molecular flexibility index (Phi) is 4.32. The average Bonchev–Trinajstić information content (AvgIpc) is 2.88. The van der Waals surface area contributed by atoms with Gasteiger partial charge in [0.05, 0.1) is 25.9 Å². The molecule has 1 amide bonds. The van der Waals surface area contributed by atoms with Crippen molar-refractivity contribution in [2.75, 3.05) is 20.8 Å². The molecule has 1 aliphatic rings. The topological polar surface area (TPSA) is 96.3 Å². The van der Waals surface area contributed by atoms with Crippen molar-refractivity contribution in [2.45, 2.75) is 18.6 Å². The molecule has 0 unspecified atom stereocenters. The van der Waals surface area contributed by atoms with Gasteiger partial charge < -0.3 is 24.6 Å². The molecule has 2 rings (SSSR count). The van der Waals surface area contributed by atoms with Crippen molar-refractivity contribution < 1.29 is 29.3 Å². The molecule has 21 heavy (non-hydrogen) atoms. The van der Waals surface area contributed by atoms with Gasteiger partial charge in [-0.05, 0) is 12.1 Å². The highest BCUT2D eigenvalue weighted by molar-refractivity contribution is 5.99. The third-order valence-corrected chi connectivity index (χ3v) is 3.46. The number of hydrogen-bond donors (Lipinski definition) is 2. The van der Waals surface area contributed by atoms with Gasteiger partial charge in [0.1, 0.15) is 17.5 Å². The lowest BCUT2D eigenvalue weighted by atomic mass is 10.1. The Labute approximate surface area is 121 Å². The van der Waals surface area contributed by atoms with E-state index in [4.69, 9.17) is 14.6 Å². The van der Waals surface area contributed by atoms with Gasteiger partial charge in [-0.2, -0.15) is 0 Å². The summed E-state index contributed by atoms with van der Waals surface area (Å²) in [6.45, 7) is -0.00894. The van der Waals surface area contributed by atoms with Crippen LogP contribution in [0.2, 0.25) is 0 Å². The lowest BCUT2D eigenvalue weighted by Crippen LogP contribution is -2.40. The van der Waals surface area contributed by atoms with E-state index in [0.717, 1.165) is 4.90 Å². The monoisotopic (exact) mass is 295 g/mol. The normalized spacial score (nSPS) is 21.2. The first-order valence-electron chi connectivity index (χ1n) is 6.41. The largest absolute Gasteiger partial charge is 0.497 e. The number of carboxylic acid groups (broad SMARTS) is 1. The summed E-state index contributed by atoms with van der Waals surface area (Å²) in [5.74, 6) is -0.796. The number of rotatable bonds is 4. The first-order chi connectivity index (χ1) is 9.97. The Balaban J connectivity index is 2.33. The lowest BCUT2D eigenvalue weighted by molar-refractivity contribution is -0.141. The van der Waals surface area contributed by atoms with Gasteiger partial charge in [-0.1, -0.05) is 0 Å². The standard InChI is InChI=1S/C14H17NO6/c1-20-9-3-4-10(12(6-9)21-2)13(17)15-7-8(16)5-11(15)14(18)19/h3-4,6,8,11,16H,5,7H2,1-2H3,(H,18,19)/t8-,11-/m1/s1. The highest BCUT2D eigenvalue weighted by Gasteiger charge is 2.39. The van der Waals surface area contributed by atoms with Crippen LogP contribution in [-0.2, 0) is 4.79 Å². The number of amides is 1. The molecule has 1 fully saturated rings. The van der Waals surface area contributed by atoms with Crippen LogP contribution in [0.4, 0.5) is 0 Å². The molecule has 2 N–H and O–H groups in total. The second-order valence-corrected chi connectivity index (χ2v) is 4.77. The average molecular weight is 295 g/mol. The van der Waals surface area contributed by atoms with Gasteiger partial charge in [0, 0.05) is 19.0 Å². The van der Waals surface area contributed by atoms with Gasteiger partial charge in [0.15, 0.2) is 0 Å². The molecule has 1 saturated heterocycles. The van der Waals surface area contributed by atoms with Crippen molar-refractivity contribution in [1.82, 2.24) is 4.90 Å². The van der Waals surface area contributed by atoms with Crippen LogP contribution in [0.5, 0.6) is 11.5 Å². The number of nitrogens with zero attached hydrogens (tertiary/aromatic N) is 1. The predicted molar refractivity (Wildman–Crippen MR) is 72.6 cm³/mol. The van der Waals surface area contributed by atoms with Gasteiger partial charge >= 0.3 is 5.97 Å². The third-order valence-electron chi connectivity index (χ3n) is 3.46. The molecule has 1 aromatic carbocycles. The molecule has 0 saturated carbocycles. The quantitative estimate of drug-likeness (QED) is 0.833. The Hall–Kier alpha value is -2.28. The fourth-order valence-electron chi connectivity index (χ4n) is 2.40. The van der Waals surface area contributed by atoms with Crippen LogP contribution in [0.3, 0.4) is 0 Å². The number of aliphatic carboxylic acids is 1. The summed E-state index contributed by atoms with van der Waals surface area (Å²) >= 11 is 0. The minimum Gasteiger partial charge on any atom is -0.497 e. The maximum Gasteiger partial charge on any atom is 0.326 e. The molecule has 0 radical (unpaired) electrons. The SMILES string of the molecule is COc1ccc(C(=O)N2C[C@H](O)C[C@@H]2C(=O)O)c(OC)c1. The van der Waals surface area contributed by atoms with Crippen molar-refractivity contribution in [2.24, 2.45) is 0 Å². The Morgan fingerprint density at radius 2 is 2.00 bits per heavy atom. The number of methoxy groups -OCH3 is 2. The summed E-state index contributed by atoms with van der Waals surface area (Å²) in [6.07, 6.45) is -0.807. The number of aliphatic hydroxyl groups is 1. The zero-order valence-corrected chi connectivity index (χ0v) is 11.8. The molecule has 0 bridgehead atoms. The highest BCUT2D eigenvalue weighted by atomic mass is 16.5. The van der Waals surface area contributed by atoms with Crippen LogP contribution in [0.1, 0.15) is 16.8 Å². The fraction of sp³-hybridized carbons (Fsp3) is 0.429. The van der Waals surface area contributed by atoms with E-state index in [0.29, 0.717) is 11.5 Å². The van der Waals surface area contributed by atoms with Gasteiger partial charge in [0.25, 0.3) is 5.91 Å². The summed E-state index contributed by atoms with van der Waals surface area (Å²) in [5, 5.41) is 18.8. The summed E-state index contributed by atoms with van der Waals surface area (Å²) in [7, 11) is 2.91. The Morgan fingerprint density at radius 1 is 1.29 bits per heavy atom. The molecular weight excluding hydrogens is 278 g/mol. The zero-order chi connectivity index (χ0) is 15.6.